The minimum atomic E-state index is -0.226. The number of fused-ring (bicyclic) bond motifs is 3. The van der Waals surface area contributed by atoms with Gasteiger partial charge in [-0.2, -0.15) is 0 Å². The van der Waals surface area contributed by atoms with E-state index < -0.39 is 0 Å². The van der Waals surface area contributed by atoms with Crippen molar-refractivity contribution in [2.24, 2.45) is 10.4 Å². The SMILES string of the molecule is O=C(OCc1ccccc1)N1CCC2(C=CC=C3N=c4ccccc4=C32)CC1. The van der Waals surface area contributed by atoms with E-state index in [0.717, 1.165) is 29.5 Å². The molecule has 1 aliphatic carbocycles. The van der Waals surface area contributed by atoms with E-state index in [1.165, 1.54) is 10.8 Å². The fraction of sp³-hybridized carbons (Fsp3) is 0.250. The summed E-state index contributed by atoms with van der Waals surface area (Å²) in [6.45, 7) is 1.70. The molecule has 28 heavy (non-hydrogen) atoms. The van der Waals surface area contributed by atoms with E-state index >= 15 is 0 Å². The minimum absolute atomic E-state index is 0.0452. The average molecular weight is 370 g/mol. The van der Waals surface area contributed by atoms with Crippen molar-refractivity contribution in [1.29, 1.82) is 0 Å². The Balaban J connectivity index is 1.32. The highest BCUT2D eigenvalue weighted by molar-refractivity contribution is 5.76. The molecule has 0 N–H and O–H groups in total. The summed E-state index contributed by atoms with van der Waals surface area (Å²) in [6, 6.07) is 18.2. The van der Waals surface area contributed by atoms with Gasteiger partial charge >= 0.3 is 6.09 Å². The summed E-state index contributed by atoms with van der Waals surface area (Å²) in [4.78, 5) is 19.2. The fourth-order valence-electron chi connectivity index (χ4n) is 4.47. The molecular weight excluding hydrogens is 348 g/mol. The van der Waals surface area contributed by atoms with E-state index in [-0.39, 0.29) is 11.5 Å². The van der Waals surface area contributed by atoms with Gasteiger partial charge in [-0.05, 0) is 36.1 Å². The maximum atomic E-state index is 12.5. The predicted octanol–water partition coefficient (Wildman–Crippen LogP) is 3.34. The first kappa shape index (κ1) is 17.0. The maximum absolute atomic E-state index is 12.5. The molecule has 2 aromatic carbocycles. The molecule has 1 fully saturated rings. The van der Waals surface area contributed by atoms with Crippen LogP contribution < -0.4 is 10.6 Å². The van der Waals surface area contributed by atoms with E-state index in [1.54, 1.807) is 0 Å². The minimum Gasteiger partial charge on any atom is -0.445 e. The van der Waals surface area contributed by atoms with Gasteiger partial charge in [-0.25, -0.2) is 9.79 Å². The molecule has 0 bridgehead atoms. The number of likely N-dealkylation sites (tertiary alicyclic amines) is 1. The van der Waals surface area contributed by atoms with Crippen LogP contribution in [0.25, 0.3) is 5.57 Å². The van der Waals surface area contributed by atoms with Crippen molar-refractivity contribution < 1.29 is 9.53 Å². The van der Waals surface area contributed by atoms with E-state index in [9.17, 15) is 4.79 Å². The summed E-state index contributed by atoms with van der Waals surface area (Å²) in [5.74, 6) is 0. The smallest absolute Gasteiger partial charge is 0.410 e. The molecule has 2 aliphatic heterocycles. The zero-order valence-corrected chi connectivity index (χ0v) is 15.7. The number of allylic oxidation sites excluding steroid dienone is 4. The van der Waals surface area contributed by atoms with Crippen LogP contribution in [0.2, 0.25) is 0 Å². The molecule has 1 saturated heterocycles. The Morgan fingerprint density at radius 1 is 1.04 bits per heavy atom. The van der Waals surface area contributed by atoms with Gasteiger partial charge in [-0.15, -0.1) is 0 Å². The predicted molar refractivity (Wildman–Crippen MR) is 108 cm³/mol. The maximum Gasteiger partial charge on any atom is 0.410 e. The molecule has 0 saturated carbocycles. The van der Waals surface area contributed by atoms with E-state index in [2.05, 4.69) is 36.4 Å². The number of amides is 1. The summed E-state index contributed by atoms with van der Waals surface area (Å²) in [5.41, 5.74) is 3.36. The number of piperidine rings is 1. The second-order valence-electron chi connectivity index (χ2n) is 7.60. The summed E-state index contributed by atoms with van der Waals surface area (Å²) in [7, 11) is 0. The Kier molecular flexibility index (Phi) is 4.12. The van der Waals surface area contributed by atoms with E-state index in [4.69, 9.17) is 9.73 Å². The molecule has 5 rings (SSSR count). The molecule has 3 aliphatic rings. The first-order valence-corrected chi connectivity index (χ1v) is 9.79. The molecule has 0 aromatic heterocycles. The van der Waals surface area contributed by atoms with Gasteiger partial charge in [-0.3, -0.25) is 0 Å². The molecule has 2 heterocycles. The number of carbonyl (C=O) groups is 1. The zero-order chi connectivity index (χ0) is 19.0. The summed E-state index contributed by atoms with van der Waals surface area (Å²) < 4.78 is 5.52. The Morgan fingerprint density at radius 2 is 1.79 bits per heavy atom. The second kappa shape index (κ2) is 6.79. The summed E-state index contributed by atoms with van der Waals surface area (Å²) >= 11 is 0. The van der Waals surface area contributed by atoms with Crippen LogP contribution in [0.15, 0.2) is 83.5 Å². The number of carbonyl (C=O) groups excluding carboxylic acids is 1. The lowest BCUT2D eigenvalue weighted by Crippen LogP contribution is -2.44. The lowest BCUT2D eigenvalue weighted by Gasteiger charge is -2.41. The van der Waals surface area contributed by atoms with Crippen LogP contribution in [0, 0.1) is 5.41 Å². The van der Waals surface area contributed by atoms with Crippen LogP contribution in [0.5, 0.6) is 0 Å². The molecule has 1 amide bonds. The third-order valence-electron chi connectivity index (χ3n) is 5.96. The number of para-hydroxylation sites is 1. The van der Waals surface area contributed by atoms with Crippen molar-refractivity contribution in [3.05, 3.63) is 94.7 Å². The number of ether oxygens (including phenoxy) is 1. The molecule has 0 unspecified atom stereocenters. The van der Waals surface area contributed by atoms with Crippen LogP contribution in [0.4, 0.5) is 4.79 Å². The van der Waals surface area contributed by atoms with Gasteiger partial charge in [0.15, 0.2) is 0 Å². The fourth-order valence-corrected chi connectivity index (χ4v) is 4.47. The largest absolute Gasteiger partial charge is 0.445 e. The quantitative estimate of drug-likeness (QED) is 0.814. The lowest BCUT2D eigenvalue weighted by atomic mass is 9.69. The topological polar surface area (TPSA) is 41.9 Å². The Morgan fingerprint density at radius 3 is 2.61 bits per heavy atom. The van der Waals surface area contributed by atoms with Crippen molar-refractivity contribution in [1.82, 2.24) is 4.90 Å². The third-order valence-corrected chi connectivity index (χ3v) is 5.96. The molecule has 140 valence electrons. The highest BCUT2D eigenvalue weighted by atomic mass is 16.6. The molecule has 2 aromatic rings. The van der Waals surface area contributed by atoms with Crippen LogP contribution >= 0.6 is 0 Å². The third kappa shape index (κ3) is 2.85. The van der Waals surface area contributed by atoms with Crippen LogP contribution in [0.1, 0.15) is 18.4 Å². The molecule has 1 spiro atoms. The molecular formula is C24H22N2O2. The number of hydrogen-bond donors (Lipinski definition) is 0. The Bertz CT molecular complexity index is 1090. The number of benzene rings is 2. The second-order valence-corrected chi connectivity index (χ2v) is 7.60. The van der Waals surface area contributed by atoms with Gasteiger partial charge in [0.2, 0.25) is 0 Å². The first-order chi connectivity index (χ1) is 13.8. The monoisotopic (exact) mass is 370 g/mol. The van der Waals surface area contributed by atoms with Gasteiger partial charge in [0.1, 0.15) is 6.61 Å². The van der Waals surface area contributed by atoms with E-state index in [1.807, 2.05) is 41.3 Å². The average Bonchev–Trinajstić information content (AvgIpc) is 3.13. The Hall–Kier alpha value is -3.14. The van der Waals surface area contributed by atoms with Gasteiger partial charge in [0.05, 0.1) is 11.1 Å². The molecule has 4 nitrogen and oxygen atoms in total. The van der Waals surface area contributed by atoms with Crippen molar-refractivity contribution in [3.63, 3.8) is 0 Å². The van der Waals surface area contributed by atoms with Crippen molar-refractivity contribution >= 4 is 11.7 Å². The highest BCUT2D eigenvalue weighted by Crippen LogP contribution is 2.46. The van der Waals surface area contributed by atoms with Crippen LogP contribution in [-0.4, -0.2) is 24.1 Å². The van der Waals surface area contributed by atoms with Crippen molar-refractivity contribution in [2.75, 3.05) is 13.1 Å². The standard InChI is InChI=1S/C24H22N2O2/c27-23(28-17-18-7-2-1-3-8-18)26-15-13-24(14-16-26)12-6-11-21-22(24)19-9-4-5-10-20(19)25-21/h1-12H,13-17H2. The normalized spacial score (nSPS) is 18.9. The molecule has 0 atom stereocenters. The van der Waals surface area contributed by atoms with Gasteiger partial charge in [-0.1, -0.05) is 60.7 Å². The number of rotatable bonds is 2. The van der Waals surface area contributed by atoms with Gasteiger partial charge < -0.3 is 9.64 Å². The van der Waals surface area contributed by atoms with Crippen LogP contribution in [-0.2, 0) is 11.3 Å². The number of hydrogen-bond acceptors (Lipinski definition) is 3. The highest BCUT2D eigenvalue weighted by Gasteiger charge is 2.41. The van der Waals surface area contributed by atoms with Gasteiger partial charge in [0.25, 0.3) is 0 Å². The zero-order valence-electron chi connectivity index (χ0n) is 15.7. The van der Waals surface area contributed by atoms with Crippen molar-refractivity contribution in [3.8, 4) is 0 Å². The van der Waals surface area contributed by atoms with Crippen LogP contribution in [0.3, 0.4) is 0 Å². The molecule has 4 heteroatoms. The Labute approximate surface area is 164 Å². The first-order valence-electron chi connectivity index (χ1n) is 9.79. The number of nitrogens with zero attached hydrogens (tertiary/aromatic N) is 2. The summed E-state index contributed by atoms with van der Waals surface area (Å²) in [6.07, 6.45) is 8.08. The molecule has 0 radical (unpaired) electrons. The van der Waals surface area contributed by atoms with Gasteiger partial charge in [0, 0.05) is 23.7 Å². The van der Waals surface area contributed by atoms with Crippen molar-refractivity contribution in [2.45, 2.75) is 19.4 Å². The summed E-state index contributed by atoms with van der Waals surface area (Å²) in [5, 5.41) is 2.29. The van der Waals surface area contributed by atoms with E-state index in [0.29, 0.717) is 19.7 Å². The lowest BCUT2D eigenvalue weighted by molar-refractivity contribution is 0.0800.